The highest BCUT2D eigenvalue weighted by atomic mass is 35.5. The first-order valence-corrected chi connectivity index (χ1v) is 17.0. The van der Waals surface area contributed by atoms with Gasteiger partial charge >= 0.3 is 0 Å². The zero-order chi connectivity index (χ0) is 27.8. The van der Waals surface area contributed by atoms with Crippen LogP contribution in [-0.4, -0.2) is 40.4 Å². The molecule has 5 aliphatic rings. The van der Waals surface area contributed by atoms with Crippen molar-refractivity contribution in [3.8, 4) is 0 Å². The maximum absolute atomic E-state index is 7.20. The average molecular weight is 552 g/mol. The van der Waals surface area contributed by atoms with Crippen LogP contribution in [0.4, 0.5) is 0 Å². The summed E-state index contributed by atoms with van der Waals surface area (Å²) < 4.78 is 2.78. The summed E-state index contributed by atoms with van der Waals surface area (Å²) in [6.45, 7) is 17.0. The van der Waals surface area contributed by atoms with Crippen molar-refractivity contribution in [2.45, 2.75) is 137 Å². The van der Waals surface area contributed by atoms with E-state index >= 15 is 0 Å². The largest absolute Gasteiger partial charge is 0.371 e. The van der Waals surface area contributed by atoms with Gasteiger partial charge in [0.25, 0.3) is 0 Å². The van der Waals surface area contributed by atoms with Crippen LogP contribution >= 0.6 is 11.6 Å². The van der Waals surface area contributed by atoms with E-state index in [2.05, 4.69) is 75.3 Å². The highest BCUT2D eigenvalue weighted by Crippen LogP contribution is 2.53. The molecule has 4 unspecified atom stereocenters. The van der Waals surface area contributed by atoms with Crippen LogP contribution in [0, 0.1) is 22.7 Å². The predicted octanol–water partition coefficient (Wildman–Crippen LogP) is 9.80. The van der Waals surface area contributed by atoms with Crippen LogP contribution in [0.25, 0.3) is 0 Å². The molecule has 0 radical (unpaired) electrons. The molecule has 0 spiro atoms. The van der Waals surface area contributed by atoms with Crippen molar-refractivity contribution in [3.05, 3.63) is 46.2 Å². The number of hydrogen-bond donors (Lipinski definition) is 0. The first-order valence-electron chi connectivity index (χ1n) is 16.6. The minimum atomic E-state index is 0.245. The smallest absolute Gasteiger partial charge is 0.182 e. The normalized spacial score (nSPS) is 34.5. The van der Waals surface area contributed by atoms with Crippen LogP contribution in [0.1, 0.15) is 125 Å². The molecule has 0 N–H and O–H groups in total. The van der Waals surface area contributed by atoms with Crippen LogP contribution < -0.4 is 0 Å². The van der Waals surface area contributed by atoms with Gasteiger partial charge in [-0.1, -0.05) is 70.7 Å². The minimum absolute atomic E-state index is 0.245. The molecular weight excluding hydrogens is 496 g/mol. The van der Waals surface area contributed by atoms with Gasteiger partial charge in [0, 0.05) is 53.6 Å². The lowest BCUT2D eigenvalue weighted by Gasteiger charge is -2.34. The Kier molecular flexibility index (Phi) is 8.92. The third-order valence-electron chi connectivity index (χ3n) is 11.3. The number of rotatable bonds is 7. The van der Waals surface area contributed by atoms with Crippen LogP contribution in [0.15, 0.2) is 46.2 Å². The summed E-state index contributed by atoms with van der Waals surface area (Å²) in [4.78, 5) is 2.78. The number of likely N-dealkylation sites (tertiary alicyclic amines) is 1. The summed E-state index contributed by atoms with van der Waals surface area (Å²) in [5.41, 5.74) is 6.28. The molecule has 2 aliphatic heterocycles. The highest BCUT2D eigenvalue weighted by Gasteiger charge is 2.54. The van der Waals surface area contributed by atoms with E-state index in [0.717, 1.165) is 41.8 Å². The number of hydrogen-bond acceptors (Lipinski definition) is 1. The van der Waals surface area contributed by atoms with E-state index in [4.69, 9.17) is 11.6 Å². The van der Waals surface area contributed by atoms with E-state index in [-0.39, 0.29) is 10.8 Å². The number of allylic oxidation sites excluding steroid dienone is 8. The molecule has 0 amide bonds. The summed E-state index contributed by atoms with van der Waals surface area (Å²) in [6, 6.07) is 1.46. The van der Waals surface area contributed by atoms with Gasteiger partial charge in [0.2, 0.25) is 0 Å². The SMILES string of the molecule is CCCN1/C(=C/C=C2\CCCC(/C=C/C3=[N+](CCC)C4CCCCC4C3(C)C)=C2Cl)C(C)(C)C2CCCCC21. The second kappa shape index (κ2) is 11.9. The van der Waals surface area contributed by atoms with E-state index in [9.17, 15) is 0 Å². The van der Waals surface area contributed by atoms with Crippen molar-refractivity contribution in [3.63, 3.8) is 0 Å². The lowest BCUT2D eigenvalue weighted by Crippen LogP contribution is -2.35. The zero-order valence-electron chi connectivity index (χ0n) is 26.0. The molecule has 3 heteroatoms. The van der Waals surface area contributed by atoms with Gasteiger partial charge in [-0.3, -0.25) is 0 Å². The molecule has 3 aliphatic carbocycles. The van der Waals surface area contributed by atoms with Gasteiger partial charge in [-0.2, -0.15) is 0 Å². The molecule has 3 fully saturated rings. The van der Waals surface area contributed by atoms with Gasteiger partial charge in [-0.25, -0.2) is 4.58 Å². The minimum Gasteiger partial charge on any atom is -0.371 e. The Balaban J connectivity index is 1.44. The first kappa shape index (κ1) is 29.2. The maximum Gasteiger partial charge on any atom is 0.182 e. The molecule has 216 valence electrons. The van der Waals surface area contributed by atoms with Crippen LogP contribution in [0.5, 0.6) is 0 Å². The van der Waals surface area contributed by atoms with Gasteiger partial charge in [-0.05, 0) is 88.4 Å². The van der Waals surface area contributed by atoms with Crippen molar-refractivity contribution in [2.75, 3.05) is 13.1 Å². The Morgan fingerprint density at radius 1 is 0.821 bits per heavy atom. The van der Waals surface area contributed by atoms with Gasteiger partial charge < -0.3 is 4.90 Å². The fraction of sp³-hybridized carbons (Fsp3) is 0.750. The summed E-state index contributed by atoms with van der Waals surface area (Å²) in [5, 5.41) is 1.01. The molecule has 39 heavy (non-hydrogen) atoms. The molecule has 0 aromatic rings. The van der Waals surface area contributed by atoms with E-state index in [1.54, 1.807) is 11.4 Å². The second-order valence-electron chi connectivity index (χ2n) is 14.4. The predicted molar refractivity (Wildman–Crippen MR) is 169 cm³/mol. The van der Waals surface area contributed by atoms with Gasteiger partial charge in [0.05, 0.1) is 5.41 Å². The third-order valence-corrected chi connectivity index (χ3v) is 11.8. The topological polar surface area (TPSA) is 6.25 Å². The summed E-state index contributed by atoms with van der Waals surface area (Å²) in [5.74, 6) is 1.58. The highest BCUT2D eigenvalue weighted by molar-refractivity contribution is 6.32. The van der Waals surface area contributed by atoms with E-state index in [0.29, 0.717) is 0 Å². The third kappa shape index (κ3) is 5.38. The lowest BCUT2D eigenvalue weighted by atomic mass is 9.69. The Morgan fingerprint density at radius 2 is 1.54 bits per heavy atom. The molecule has 0 aromatic heterocycles. The van der Waals surface area contributed by atoms with Gasteiger partial charge in [-0.15, -0.1) is 0 Å². The molecular formula is C36H56ClN2+. The molecule has 1 saturated heterocycles. The maximum atomic E-state index is 7.20. The quantitative estimate of drug-likeness (QED) is 0.285. The van der Waals surface area contributed by atoms with E-state index in [1.807, 2.05) is 0 Å². The molecule has 2 saturated carbocycles. The average Bonchev–Trinajstić information content (AvgIpc) is 3.27. The Labute approximate surface area is 245 Å². The van der Waals surface area contributed by atoms with E-state index < -0.39 is 0 Å². The number of nitrogens with zero attached hydrogens (tertiary/aromatic N) is 2. The number of halogens is 1. The van der Waals surface area contributed by atoms with Crippen LogP contribution in [-0.2, 0) is 0 Å². The van der Waals surface area contributed by atoms with Crippen molar-refractivity contribution in [1.29, 1.82) is 0 Å². The van der Waals surface area contributed by atoms with Crippen molar-refractivity contribution >= 4 is 17.3 Å². The monoisotopic (exact) mass is 551 g/mol. The van der Waals surface area contributed by atoms with Crippen molar-refractivity contribution in [2.24, 2.45) is 22.7 Å². The number of fused-ring (bicyclic) bond motifs is 2. The molecule has 0 bridgehead atoms. The first-order chi connectivity index (χ1) is 18.7. The van der Waals surface area contributed by atoms with Gasteiger partial charge in [0.1, 0.15) is 6.54 Å². The van der Waals surface area contributed by atoms with Crippen LogP contribution in [0.2, 0.25) is 0 Å². The van der Waals surface area contributed by atoms with Gasteiger partial charge in [0.15, 0.2) is 11.8 Å². The van der Waals surface area contributed by atoms with Crippen LogP contribution in [0.3, 0.4) is 0 Å². The van der Waals surface area contributed by atoms with E-state index in [1.165, 1.54) is 94.9 Å². The molecule has 4 atom stereocenters. The summed E-state index contributed by atoms with van der Waals surface area (Å²) >= 11 is 7.20. The Bertz CT molecular complexity index is 1070. The summed E-state index contributed by atoms with van der Waals surface area (Å²) in [7, 11) is 0. The molecule has 2 nitrogen and oxygen atoms in total. The van der Waals surface area contributed by atoms with Crippen molar-refractivity contribution < 1.29 is 4.58 Å². The Hall–Kier alpha value is -1.28. The summed E-state index contributed by atoms with van der Waals surface area (Å²) in [6.07, 6.45) is 26.6. The zero-order valence-corrected chi connectivity index (χ0v) is 26.8. The molecule has 5 rings (SSSR count). The lowest BCUT2D eigenvalue weighted by molar-refractivity contribution is -0.566. The molecule has 0 aromatic carbocycles. The van der Waals surface area contributed by atoms with Crippen molar-refractivity contribution in [1.82, 2.24) is 4.90 Å². The fourth-order valence-electron chi connectivity index (χ4n) is 9.37. The molecule has 2 heterocycles. The fourth-order valence-corrected chi connectivity index (χ4v) is 9.69. The standard InChI is InChI=1S/C36H56ClN2/c1-7-24-38-30-18-11-9-16-28(30)35(3,4)32(38)22-20-26-14-13-15-27(34(26)37)21-23-33-36(5,6)29-17-10-12-19-31(29)39(33)25-8-2/h20-23,28-31H,7-19,24-25H2,1-6H3/q+1. The Morgan fingerprint density at radius 3 is 2.28 bits per heavy atom. The second-order valence-corrected chi connectivity index (χ2v) is 14.8.